The lowest BCUT2D eigenvalue weighted by Gasteiger charge is -2.15. The maximum absolute atomic E-state index is 12.0. The second-order valence-electron chi connectivity index (χ2n) is 5.72. The zero-order valence-corrected chi connectivity index (χ0v) is 14.2. The maximum Gasteiger partial charge on any atom is 0.335 e. The Hall–Kier alpha value is -3.16. The topological polar surface area (TPSA) is 90.0 Å². The van der Waals surface area contributed by atoms with Gasteiger partial charge in [0.15, 0.2) is 0 Å². The number of amides is 5. The Morgan fingerprint density at radius 2 is 1.72 bits per heavy atom. The SMILES string of the molecule is C=CCN1C(=O)C(=O)N(CC(=O)NCc2ccc(N(C)C)cc2)C1=O. The minimum Gasteiger partial charge on any atom is -0.378 e. The van der Waals surface area contributed by atoms with Crippen LogP contribution in [0.5, 0.6) is 0 Å². The molecule has 0 bridgehead atoms. The van der Waals surface area contributed by atoms with Crippen LogP contribution >= 0.6 is 0 Å². The van der Waals surface area contributed by atoms with Crippen molar-refractivity contribution in [2.45, 2.75) is 6.54 Å². The van der Waals surface area contributed by atoms with Gasteiger partial charge in [-0.15, -0.1) is 6.58 Å². The van der Waals surface area contributed by atoms with Gasteiger partial charge < -0.3 is 10.2 Å². The van der Waals surface area contributed by atoms with Crippen molar-refractivity contribution >= 4 is 29.4 Å². The highest BCUT2D eigenvalue weighted by atomic mass is 16.2. The predicted molar refractivity (Wildman–Crippen MR) is 91.6 cm³/mol. The highest BCUT2D eigenvalue weighted by Crippen LogP contribution is 2.13. The molecule has 1 heterocycles. The Morgan fingerprint density at radius 1 is 1.12 bits per heavy atom. The lowest BCUT2D eigenvalue weighted by atomic mass is 10.2. The third-order valence-corrected chi connectivity index (χ3v) is 3.69. The van der Waals surface area contributed by atoms with Gasteiger partial charge in [-0.25, -0.2) is 9.69 Å². The summed E-state index contributed by atoms with van der Waals surface area (Å²) in [5.41, 5.74) is 1.91. The maximum atomic E-state index is 12.0. The summed E-state index contributed by atoms with van der Waals surface area (Å²) in [6, 6.07) is 6.77. The lowest BCUT2D eigenvalue weighted by molar-refractivity contribution is -0.143. The van der Waals surface area contributed by atoms with Gasteiger partial charge in [0.05, 0.1) is 0 Å². The molecule has 8 heteroatoms. The number of hydrogen-bond donors (Lipinski definition) is 1. The van der Waals surface area contributed by atoms with Crippen LogP contribution in [0.3, 0.4) is 0 Å². The summed E-state index contributed by atoms with van der Waals surface area (Å²) in [5, 5.41) is 2.63. The number of hydrogen-bond acceptors (Lipinski definition) is 5. The molecule has 1 saturated heterocycles. The van der Waals surface area contributed by atoms with E-state index in [0.29, 0.717) is 4.90 Å². The molecule has 1 aromatic carbocycles. The van der Waals surface area contributed by atoms with E-state index in [2.05, 4.69) is 11.9 Å². The van der Waals surface area contributed by atoms with Gasteiger partial charge in [0.1, 0.15) is 6.54 Å². The molecule has 0 spiro atoms. The van der Waals surface area contributed by atoms with Crippen molar-refractivity contribution in [1.82, 2.24) is 15.1 Å². The van der Waals surface area contributed by atoms with Crippen molar-refractivity contribution in [3.63, 3.8) is 0 Å². The van der Waals surface area contributed by atoms with Crippen LogP contribution in [0.15, 0.2) is 36.9 Å². The first-order chi connectivity index (χ1) is 11.8. The van der Waals surface area contributed by atoms with Crippen molar-refractivity contribution < 1.29 is 19.2 Å². The first-order valence-corrected chi connectivity index (χ1v) is 7.66. The molecule has 1 aliphatic heterocycles. The van der Waals surface area contributed by atoms with E-state index in [4.69, 9.17) is 0 Å². The number of nitrogens with one attached hydrogen (secondary N) is 1. The van der Waals surface area contributed by atoms with E-state index in [9.17, 15) is 19.2 Å². The largest absolute Gasteiger partial charge is 0.378 e. The molecule has 0 aromatic heterocycles. The van der Waals surface area contributed by atoms with Crippen LogP contribution in [0.1, 0.15) is 5.56 Å². The fraction of sp³-hybridized carbons (Fsp3) is 0.294. The number of carbonyl (C=O) groups excluding carboxylic acids is 4. The summed E-state index contributed by atoms with van der Waals surface area (Å²) in [4.78, 5) is 50.8. The number of benzene rings is 1. The van der Waals surface area contributed by atoms with E-state index < -0.39 is 30.3 Å². The number of carbonyl (C=O) groups is 4. The van der Waals surface area contributed by atoms with Gasteiger partial charge in [-0.05, 0) is 17.7 Å². The summed E-state index contributed by atoms with van der Waals surface area (Å²) in [6.07, 6.45) is 1.34. The van der Waals surface area contributed by atoms with Crippen LogP contribution in [0, 0.1) is 0 Å². The number of urea groups is 1. The average Bonchev–Trinajstić information content (AvgIpc) is 2.78. The van der Waals surface area contributed by atoms with E-state index >= 15 is 0 Å². The van der Waals surface area contributed by atoms with E-state index in [1.807, 2.05) is 43.3 Å². The molecule has 0 aliphatic carbocycles. The summed E-state index contributed by atoms with van der Waals surface area (Å²) < 4.78 is 0. The van der Waals surface area contributed by atoms with Crippen LogP contribution in [-0.4, -0.2) is 60.7 Å². The zero-order valence-electron chi connectivity index (χ0n) is 14.2. The van der Waals surface area contributed by atoms with E-state index in [1.54, 1.807) is 0 Å². The Kier molecular flexibility index (Phi) is 5.53. The zero-order chi connectivity index (χ0) is 18.6. The van der Waals surface area contributed by atoms with Crippen molar-refractivity contribution in [1.29, 1.82) is 0 Å². The highest BCUT2D eigenvalue weighted by molar-refractivity contribution is 6.45. The second-order valence-corrected chi connectivity index (χ2v) is 5.72. The van der Waals surface area contributed by atoms with Crippen molar-refractivity contribution in [2.24, 2.45) is 0 Å². The van der Waals surface area contributed by atoms with Gasteiger partial charge in [0.25, 0.3) is 0 Å². The Labute approximate surface area is 145 Å². The van der Waals surface area contributed by atoms with Crippen LogP contribution in [0.2, 0.25) is 0 Å². The molecule has 0 saturated carbocycles. The monoisotopic (exact) mass is 344 g/mol. The first kappa shape index (κ1) is 18.2. The lowest BCUT2D eigenvalue weighted by Crippen LogP contribution is -2.41. The third kappa shape index (κ3) is 4.03. The predicted octanol–water partition coefficient (Wildman–Crippen LogP) is 0.346. The van der Waals surface area contributed by atoms with Gasteiger partial charge in [-0.1, -0.05) is 18.2 Å². The Morgan fingerprint density at radius 3 is 2.28 bits per heavy atom. The quantitative estimate of drug-likeness (QED) is 0.438. The van der Waals surface area contributed by atoms with E-state index in [-0.39, 0.29) is 13.1 Å². The molecular weight excluding hydrogens is 324 g/mol. The van der Waals surface area contributed by atoms with Gasteiger partial charge in [-0.3, -0.25) is 19.3 Å². The van der Waals surface area contributed by atoms with Crippen LogP contribution in [0.4, 0.5) is 10.5 Å². The molecule has 1 aromatic rings. The molecule has 132 valence electrons. The van der Waals surface area contributed by atoms with E-state index in [1.165, 1.54) is 6.08 Å². The second kappa shape index (κ2) is 7.61. The van der Waals surface area contributed by atoms with Gasteiger partial charge >= 0.3 is 17.8 Å². The smallest absolute Gasteiger partial charge is 0.335 e. The fourth-order valence-corrected chi connectivity index (χ4v) is 2.29. The van der Waals surface area contributed by atoms with Gasteiger partial charge in [-0.2, -0.15) is 0 Å². The summed E-state index contributed by atoms with van der Waals surface area (Å²) in [6.45, 7) is 3.12. The highest BCUT2D eigenvalue weighted by Gasteiger charge is 2.44. The molecule has 0 unspecified atom stereocenters. The molecule has 25 heavy (non-hydrogen) atoms. The van der Waals surface area contributed by atoms with Gasteiger partial charge in [0.2, 0.25) is 5.91 Å². The summed E-state index contributed by atoms with van der Waals surface area (Å²) >= 11 is 0. The van der Waals surface area contributed by atoms with E-state index in [0.717, 1.165) is 16.2 Å². The molecule has 5 amide bonds. The van der Waals surface area contributed by atoms with Crippen LogP contribution in [-0.2, 0) is 20.9 Å². The Balaban J connectivity index is 1.91. The molecule has 8 nitrogen and oxygen atoms in total. The summed E-state index contributed by atoms with van der Waals surface area (Å²) in [7, 11) is 3.86. The van der Waals surface area contributed by atoms with Gasteiger partial charge in [0, 0.05) is 32.9 Å². The van der Waals surface area contributed by atoms with Crippen molar-refractivity contribution in [3.05, 3.63) is 42.5 Å². The molecular formula is C17H20N4O4. The van der Waals surface area contributed by atoms with Crippen molar-refractivity contribution in [3.8, 4) is 0 Å². The fourth-order valence-electron chi connectivity index (χ4n) is 2.29. The van der Waals surface area contributed by atoms with Crippen LogP contribution in [0.25, 0.3) is 0 Å². The number of anilines is 1. The minimum atomic E-state index is -1.00. The summed E-state index contributed by atoms with van der Waals surface area (Å²) in [5.74, 6) is -2.47. The molecule has 1 fully saturated rings. The molecule has 2 rings (SSSR count). The normalized spacial score (nSPS) is 14.1. The average molecular weight is 344 g/mol. The molecule has 1 aliphatic rings. The molecule has 0 atom stereocenters. The third-order valence-electron chi connectivity index (χ3n) is 3.69. The molecule has 1 N–H and O–H groups in total. The number of nitrogens with zero attached hydrogens (tertiary/aromatic N) is 3. The minimum absolute atomic E-state index is 0.0697. The van der Waals surface area contributed by atoms with Crippen molar-refractivity contribution in [2.75, 3.05) is 32.1 Å². The standard InChI is InChI=1S/C17H20N4O4/c1-4-9-20-15(23)16(24)21(17(20)25)11-14(22)18-10-12-5-7-13(8-6-12)19(2)3/h4-8H,1,9-11H2,2-3H3,(H,18,22). The van der Waals surface area contributed by atoms with Crippen LogP contribution < -0.4 is 10.2 Å². The number of imide groups is 2. The molecule has 0 radical (unpaired) electrons. The Bertz CT molecular complexity index is 712. The first-order valence-electron chi connectivity index (χ1n) is 7.66. The number of rotatable bonds is 7.